The highest BCUT2D eigenvalue weighted by Gasteiger charge is 2.27. The molecule has 6 nitrogen and oxygen atoms in total. The molecule has 1 aromatic rings. The van der Waals surface area contributed by atoms with Crippen molar-refractivity contribution < 1.29 is 14.3 Å². The van der Waals surface area contributed by atoms with Crippen molar-refractivity contribution in [3.63, 3.8) is 0 Å². The van der Waals surface area contributed by atoms with Crippen LogP contribution in [0.2, 0.25) is 0 Å². The van der Waals surface area contributed by atoms with E-state index < -0.39 is 11.7 Å². The fraction of sp³-hybridized carbons (Fsp3) is 0.529. The van der Waals surface area contributed by atoms with E-state index in [0.717, 1.165) is 12.8 Å². The van der Waals surface area contributed by atoms with Gasteiger partial charge in [0, 0.05) is 29.3 Å². The van der Waals surface area contributed by atoms with Crippen LogP contribution in [0.1, 0.15) is 44.0 Å². The monoisotopic (exact) mass is 397 g/mol. The van der Waals surface area contributed by atoms with Crippen LogP contribution in [0.15, 0.2) is 22.7 Å². The van der Waals surface area contributed by atoms with Crippen molar-refractivity contribution in [2.75, 3.05) is 18.8 Å². The number of halogens is 1. The maximum absolute atomic E-state index is 12.7. The smallest absolute Gasteiger partial charge is 0.407 e. The zero-order valence-corrected chi connectivity index (χ0v) is 15.9. The van der Waals surface area contributed by atoms with E-state index in [2.05, 4.69) is 21.2 Å². The van der Waals surface area contributed by atoms with Crippen molar-refractivity contribution >= 4 is 33.6 Å². The summed E-state index contributed by atoms with van der Waals surface area (Å²) in [4.78, 5) is 26.4. The summed E-state index contributed by atoms with van der Waals surface area (Å²) in [6, 6.07) is 5.03. The third-order valence-corrected chi connectivity index (χ3v) is 4.31. The Balaban J connectivity index is 1.99. The number of nitrogen functional groups attached to an aromatic ring is 1. The Kier molecular flexibility index (Phi) is 5.74. The van der Waals surface area contributed by atoms with Gasteiger partial charge in [-0.1, -0.05) is 0 Å². The molecule has 1 heterocycles. The highest BCUT2D eigenvalue weighted by molar-refractivity contribution is 9.10. The number of ether oxygens (including phenoxy) is 1. The molecule has 0 bridgehead atoms. The summed E-state index contributed by atoms with van der Waals surface area (Å²) in [6.07, 6.45) is 1.21. The second-order valence-corrected chi connectivity index (χ2v) is 7.83. The van der Waals surface area contributed by atoms with E-state index >= 15 is 0 Å². The van der Waals surface area contributed by atoms with E-state index in [1.54, 1.807) is 23.1 Å². The lowest BCUT2D eigenvalue weighted by Gasteiger charge is -2.33. The predicted molar refractivity (Wildman–Crippen MR) is 96.8 cm³/mol. The fourth-order valence-electron chi connectivity index (χ4n) is 2.63. The SMILES string of the molecule is CC(C)(C)OC(=O)NC1CCCN(C(=O)c2ccc(N)cc2Br)C1. The molecule has 2 rings (SSSR count). The Morgan fingerprint density at radius 1 is 1.38 bits per heavy atom. The second-order valence-electron chi connectivity index (χ2n) is 6.98. The molecule has 0 radical (unpaired) electrons. The van der Waals surface area contributed by atoms with Gasteiger partial charge in [-0.15, -0.1) is 0 Å². The molecule has 24 heavy (non-hydrogen) atoms. The molecule has 2 amide bonds. The molecule has 1 atom stereocenters. The molecule has 0 aromatic heterocycles. The van der Waals surface area contributed by atoms with Crippen LogP contribution in [0.25, 0.3) is 0 Å². The van der Waals surface area contributed by atoms with E-state index in [-0.39, 0.29) is 11.9 Å². The average Bonchev–Trinajstić information content (AvgIpc) is 2.44. The zero-order valence-electron chi connectivity index (χ0n) is 14.3. The van der Waals surface area contributed by atoms with Gasteiger partial charge in [0.1, 0.15) is 5.60 Å². The molecule has 3 N–H and O–H groups in total. The minimum Gasteiger partial charge on any atom is -0.444 e. The summed E-state index contributed by atoms with van der Waals surface area (Å²) in [7, 11) is 0. The van der Waals surface area contributed by atoms with Gasteiger partial charge in [0.15, 0.2) is 0 Å². The first-order chi connectivity index (χ1) is 11.2. The van der Waals surface area contributed by atoms with Crippen LogP contribution < -0.4 is 11.1 Å². The quantitative estimate of drug-likeness (QED) is 0.750. The Morgan fingerprint density at radius 2 is 2.08 bits per heavy atom. The van der Waals surface area contributed by atoms with E-state index in [0.29, 0.717) is 28.8 Å². The minimum atomic E-state index is -0.539. The molecule has 1 saturated heterocycles. The number of piperidine rings is 1. The molecule has 0 saturated carbocycles. The number of rotatable bonds is 2. The number of amides is 2. The van der Waals surface area contributed by atoms with Crippen LogP contribution in [0.3, 0.4) is 0 Å². The van der Waals surface area contributed by atoms with Crippen LogP contribution >= 0.6 is 15.9 Å². The van der Waals surface area contributed by atoms with Crippen molar-refractivity contribution in [2.45, 2.75) is 45.3 Å². The van der Waals surface area contributed by atoms with Crippen molar-refractivity contribution in [3.05, 3.63) is 28.2 Å². The number of anilines is 1. The number of carbonyl (C=O) groups is 2. The lowest BCUT2D eigenvalue weighted by Crippen LogP contribution is -2.50. The maximum Gasteiger partial charge on any atom is 0.407 e. The lowest BCUT2D eigenvalue weighted by atomic mass is 10.0. The number of benzene rings is 1. The van der Waals surface area contributed by atoms with Gasteiger partial charge in [0.25, 0.3) is 5.91 Å². The highest BCUT2D eigenvalue weighted by Crippen LogP contribution is 2.23. The summed E-state index contributed by atoms with van der Waals surface area (Å²) in [5, 5.41) is 2.85. The Morgan fingerprint density at radius 3 is 2.71 bits per heavy atom. The number of hydrogen-bond acceptors (Lipinski definition) is 4. The number of nitrogens with two attached hydrogens (primary N) is 1. The Labute approximate surface area is 150 Å². The summed E-state index contributed by atoms with van der Waals surface area (Å²) in [5.41, 5.74) is 6.35. The van der Waals surface area contributed by atoms with Gasteiger partial charge in [0.2, 0.25) is 0 Å². The molecular formula is C17H24BrN3O3. The van der Waals surface area contributed by atoms with E-state index in [9.17, 15) is 9.59 Å². The normalized spacial score (nSPS) is 18.2. The topological polar surface area (TPSA) is 84.7 Å². The van der Waals surface area contributed by atoms with Gasteiger partial charge in [-0.05, 0) is 67.7 Å². The first-order valence-corrected chi connectivity index (χ1v) is 8.79. The number of hydrogen-bond donors (Lipinski definition) is 2. The van der Waals surface area contributed by atoms with Crippen molar-refractivity contribution in [1.29, 1.82) is 0 Å². The molecule has 0 spiro atoms. The maximum atomic E-state index is 12.7. The first-order valence-electron chi connectivity index (χ1n) is 7.99. The Hall–Kier alpha value is -1.76. The number of carbonyl (C=O) groups excluding carboxylic acids is 2. The van der Waals surface area contributed by atoms with Gasteiger partial charge in [-0.25, -0.2) is 4.79 Å². The molecule has 1 aliphatic heterocycles. The molecule has 1 aliphatic rings. The van der Waals surface area contributed by atoms with Gasteiger partial charge in [-0.2, -0.15) is 0 Å². The zero-order chi connectivity index (χ0) is 17.9. The minimum absolute atomic E-state index is 0.0717. The average molecular weight is 398 g/mol. The van der Waals surface area contributed by atoms with E-state index in [4.69, 9.17) is 10.5 Å². The molecule has 1 aromatic carbocycles. The fourth-order valence-corrected chi connectivity index (χ4v) is 3.19. The Bertz CT molecular complexity index is 628. The summed E-state index contributed by atoms with van der Waals surface area (Å²) in [5.74, 6) is -0.0717. The summed E-state index contributed by atoms with van der Waals surface area (Å²) in [6.45, 7) is 6.60. The van der Waals surface area contributed by atoms with Gasteiger partial charge in [-0.3, -0.25) is 4.79 Å². The molecule has 132 valence electrons. The third-order valence-electron chi connectivity index (χ3n) is 3.65. The molecule has 1 unspecified atom stereocenters. The number of alkyl carbamates (subject to hydrolysis) is 1. The molecule has 7 heteroatoms. The van der Waals surface area contributed by atoms with Gasteiger partial charge >= 0.3 is 6.09 Å². The third kappa shape index (κ3) is 5.12. The van der Waals surface area contributed by atoms with Crippen molar-refractivity contribution in [3.8, 4) is 0 Å². The first kappa shape index (κ1) is 18.6. The summed E-state index contributed by atoms with van der Waals surface area (Å²) < 4.78 is 5.95. The van der Waals surface area contributed by atoms with Crippen LogP contribution in [0.5, 0.6) is 0 Å². The van der Waals surface area contributed by atoms with Crippen LogP contribution in [-0.2, 0) is 4.74 Å². The summed E-state index contributed by atoms with van der Waals surface area (Å²) >= 11 is 3.39. The molecule has 1 fully saturated rings. The molecular weight excluding hydrogens is 374 g/mol. The molecule has 0 aliphatic carbocycles. The van der Waals surface area contributed by atoms with Crippen LogP contribution in [0, 0.1) is 0 Å². The van der Waals surface area contributed by atoms with Crippen LogP contribution in [-0.4, -0.2) is 41.6 Å². The van der Waals surface area contributed by atoms with Crippen LogP contribution in [0.4, 0.5) is 10.5 Å². The largest absolute Gasteiger partial charge is 0.444 e. The van der Waals surface area contributed by atoms with Gasteiger partial charge in [0.05, 0.1) is 5.56 Å². The predicted octanol–water partition coefficient (Wildman–Crippen LogP) is 3.16. The standard InChI is InChI=1S/C17H24BrN3O3/c1-17(2,3)24-16(23)20-12-5-4-8-21(10-12)15(22)13-7-6-11(19)9-14(13)18/h6-7,9,12H,4-5,8,10,19H2,1-3H3,(H,20,23). The van der Waals surface area contributed by atoms with E-state index in [1.165, 1.54) is 0 Å². The second kappa shape index (κ2) is 7.42. The number of nitrogens with zero attached hydrogens (tertiary/aromatic N) is 1. The van der Waals surface area contributed by atoms with Crippen molar-refractivity contribution in [2.24, 2.45) is 0 Å². The highest BCUT2D eigenvalue weighted by atomic mass is 79.9. The van der Waals surface area contributed by atoms with Gasteiger partial charge < -0.3 is 20.7 Å². The number of nitrogens with one attached hydrogen (secondary N) is 1. The lowest BCUT2D eigenvalue weighted by molar-refractivity contribution is 0.0452. The number of likely N-dealkylation sites (tertiary alicyclic amines) is 1. The van der Waals surface area contributed by atoms with Crippen molar-refractivity contribution in [1.82, 2.24) is 10.2 Å². The van der Waals surface area contributed by atoms with E-state index in [1.807, 2.05) is 20.8 Å².